The van der Waals surface area contributed by atoms with Crippen LogP contribution in [0, 0.1) is 26.6 Å². The van der Waals surface area contributed by atoms with E-state index in [9.17, 15) is 9.18 Å². The highest BCUT2D eigenvalue weighted by Gasteiger charge is 2.16. The van der Waals surface area contributed by atoms with Gasteiger partial charge in [-0.25, -0.2) is 4.39 Å². The van der Waals surface area contributed by atoms with Gasteiger partial charge in [0.15, 0.2) is 0 Å². The fraction of sp³-hybridized carbons (Fsp3) is 0.185. The minimum atomic E-state index is -0.291. The summed E-state index contributed by atoms with van der Waals surface area (Å²) in [7, 11) is 0. The summed E-state index contributed by atoms with van der Waals surface area (Å²) in [6.45, 7) is 6.38. The minimum absolute atomic E-state index is 0.244. The van der Waals surface area contributed by atoms with Crippen molar-refractivity contribution in [1.29, 1.82) is 0 Å². The predicted molar refractivity (Wildman–Crippen MR) is 132 cm³/mol. The zero-order chi connectivity index (χ0) is 24.2. The zero-order valence-electron chi connectivity index (χ0n) is 19.2. The first-order valence-corrected chi connectivity index (χ1v) is 11.3. The Bertz CT molecular complexity index is 1350. The molecule has 1 heterocycles. The molecule has 0 saturated carbocycles. The van der Waals surface area contributed by atoms with E-state index in [1.807, 2.05) is 51.1 Å². The highest BCUT2D eigenvalue weighted by atomic mass is 35.5. The number of amides is 1. The molecule has 0 saturated heterocycles. The summed E-state index contributed by atoms with van der Waals surface area (Å²) < 4.78 is 21.2. The third kappa shape index (κ3) is 5.46. The van der Waals surface area contributed by atoms with Crippen LogP contribution in [0.15, 0.2) is 66.7 Å². The quantitative estimate of drug-likeness (QED) is 0.331. The molecule has 3 aromatic carbocycles. The van der Waals surface area contributed by atoms with E-state index in [4.69, 9.17) is 16.3 Å². The fourth-order valence-electron chi connectivity index (χ4n) is 3.71. The van der Waals surface area contributed by atoms with Gasteiger partial charge in [0.05, 0.1) is 28.6 Å². The Labute approximate surface area is 203 Å². The molecule has 0 aliphatic rings. The van der Waals surface area contributed by atoms with Crippen molar-refractivity contribution >= 4 is 23.2 Å². The Balaban J connectivity index is 1.47. The molecule has 4 rings (SSSR count). The maximum absolute atomic E-state index is 13.5. The van der Waals surface area contributed by atoms with Crippen LogP contribution in [0.5, 0.6) is 5.75 Å². The van der Waals surface area contributed by atoms with E-state index in [0.29, 0.717) is 34.3 Å². The van der Waals surface area contributed by atoms with Crippen molar-refractivity contribution in [3.05, 3.63) is 111 Å². The largest absolute Gasteiger partial charge is 0.487 e. The standard InChI is InChI=1S/C27H25ClFN3O2/c1-17-10-11-24(28)25(12-17)34-16-21-7-4-8-22(13-21)27(33)30-26-18(2)31-32(19(26)3)15-20-6-5-9-23(29)14-20/h4-14H,15-16H2,1-3H3,(H,30,33). The summed E-state index contributed by atoms with van der Waals surface area (Å²) in [5.41, 5.74) is 5.34. The molecular weight excluding hydrogens is 453 g/mol. The van der Waals surface area contributed by atoms with Crippen molar-refractivity contribution in [1.82, 2.24) is 9.78 Å². The lowest BCUT2D eigenvalue weighted by atomic mass is 10.1. The number of nitrogens with zero attached hydrogens (tertiary/aromatic N) is 2. The van der Waals surface area contributed by atoms with Gasteiger partial charge in [0, 0.05) is 5.56 Å². The van der Waals surface area contributed by atoms with E-state index in [-0.39, 0.29) is 18.3 Å². The van der Waals surface area contributed by atoms with Crippen LogP contribution in [0.25, 0.3) is 0 Å². The molecular formula is C27H25ClFN3O2. The maximum Gasteiger partial charge on any atom is 0.255 e. The van der Waals surface area contributed by atoms with Gasteiger partial charge in [-0.3, -0.25) is 9.48 Å². The molecule has 1 aromatic heterocycles. The molecule has 4 aromatic rings. The number of hydrogen-bond acceptors (Lipinski definition) is 3. The number of halogens is 2. The van der Waals surface area contributed by atoms with Crippen LogP contribution in [-0.2, 0) is 13.2 Å². The Kier molecular flexibility index (Phi) is 6.98. The van der Waals surface area contributed by atoms with Gasteiger partial charge < -0.3 is 10.1 Å². The molecule has 0 unspecified atom stereocenters. The number of anilines is 1. The Morgan fingerprint density at radius 3 is 2.59 bits per heavy atom. The molecule has 0 radical (unpaired) electrons. The molecule has 0 spiro atoms. The first-order chi connectivity index (χ1) is 16.3. The van der Waals surface area contributed by atoms with Crippen LogP contribution < -0.4 is 10.1 Å². The number of rotatable bonds is 7. The van der Waals surface area contributed by atoms with Gasteiger partial charge in [-0.1, -0.05) is 41.9 Å². The van der Waals surface area contributed by atoms with Gasteiger partial charge in [-0.2, -0.15) is 5.10 Å². The molecule has 0 aliphatic carbocycles. The van der Waals surface area contributed by atoms with Crippen LogP contribution in [0.3, 0.4) is 0 Å². The third-order valence-electron chi connectivity index (χ3n) is 5.51. The van der Waals surface area contributed by atoms with Crippen LogP contribution in [0.4, 0.5) is 10.1 Å². The van der Waals surface area contributed by atoms with E-state index in [1.165, 1.54) is 12.1 Å². The molecule has 1 N–H and O–H groups in total. The number of benzene rings is 3. The Morgan fingerprint density at radius 1 is 1.03 bits per heavy atom. The summed E-state index contributed by atoms with van der Waals surface area (Å²) in [5, 5.41) is 8.04. The lowest BCUT2D eigenvalue weighted by Crippen LogP contribution is -2.14. The summed E-state index contributed by atoms with van der Waals surface area (Å²) in [4.78, 5) is 13.0. The predicted octanol–water partition coefficient (Wildman–Crippen LogP) is 6.48. The first kappa shape index (κ1) is 23.5. The fourth-order valence-corrected chi connectivity index (χ4v) is 3.88. The molecule has 5 nitrogen and oxygen atoms in total. The summed E-state index contributed by atoms with van der Waals surface area (Å²) >= 11 is 6.21. The zero-order valence-corrected chi connectivity index (χ0v) is 20.0. The molecule has 34 heavy (non-hydrogen) atoms. The van der Waals surface area contributed by atoms with Crippen molar-refractivity contribution in [2.45, 2.75) is 33.9 Å². The van der Waals surface area contributed by atoms with E-state index in [1.54, 1.807) is 28.9 Å². The van der Waals surface area contributed by atoms with Gasteiger partial charge in [0.25, 0.3) is 5.91 Å². The molecule has 0 bridgehead atoms. The SMILES string of the molecule is Cc1ccc(Cl)c(OCc2cccc(C(=O)Nc3c(C)nn(Cc4cccc(F)c4)c3C)c2)c1. The highest BCUT2D eigenvalue weighted by Crippen LogP contribution is 2.26. The van der Waals surface area contributed by atoms with E-state index in [0.717, 1.165) is 22.4 Å². The van der Waals surface area contributed by atoms with Crippen LogP contribution in [-0.4, -0.2) is 15.7 Å². The molecule has 0 fully saturated rings. The third-order valence-corrected chi connectivity index (χ3v) is 5.82. The number of aromatic nitrogens is 2. The van der Waals surface area contributed by atoms with Crippen molar-refractivity contribution in [3.8, 4) is 5.75 Å². The van der Waals surface area contributed by atoms with Crippen LogP contribution >= 0.6 is 11.6 Å². The second-order valence-corrected chi connectivity index (χ2v) is 8.62. The number of ether oxygens (including phenoxy) is 1. The average molecular weight is 478 g/mol. The number of carbonyl (C=O) groups is 1. The van der Waals surface area contributed by atoms with Crippen molar-refractivity contribution in [3.63, 3.8) is 0 Å². The second kappa shape index (κ2) is 10.1. The van der Waals surface area contributed by atoms with Gasteiger partial charge in [0.2, 0.25) is 0 Å². The normalized spacial score (nSPS) is 10.9. The van der Waals surface area contributed by atoms with Crippen LogP contribution in [0.1, 0.15) is 38.4 Å². The molecule has 1 amide bonds. The van der Waals surface area contributed by atoms with Gasteiger partial charge >= 0.3 is 0 Å². The smallest absolute Gasteiger partial charge is 0.255 e. The maximum atomic E-state index is 13.5. The van der Waals surface area contributed by atoms with E-state index in [2.05, 4.69) is 10.4 Å². The average Bonchev–Trinajstić information content (AvgIpc) is 3.07. The molecule has 0 aliphatic heterocycles. The molecule has 174 valence electrons. The lowest BCUT2D eigenvalue weighted by molar-refractivity contribution is 0.102. The number of nitrogens with one attached hydrogen (secondary N) is 1. The first-order valence-electron chi connectivity index (χ1n) is 10.9. The number of hydrogen-bond donors (Lipinski definition) is 1. The Morgan fingerprint density at radius 2 is 1.79 bits per heavy atom. The van der Waals surface area contributed by atoms with Gasteiger partial charge in [-0.15, -0.1) is 0 Å². The van der Waals surface area contributed by atoms with Gasteiger partial charge in [-0.05, 0) is 73.9 Å². The van der Waals surface area contributed by atoms with Gasteiger partial charge in [0.1, 0.15) is 18.2 Å². The number of aryl methyl sites for hydroxylation is 2. The summed E-state index contributed by atoms with van der Waals surface area (Å²) in [6.07, 6.45) is 0. The monoisotopic (exact) mass is 477 g/mol. The highest BCUT2D eigenvalue weighted by molar-refractivity contribution is 6.32. The second-order valence-electron chi connectivity index (χ2n) is 8.21. The lowest BCUT2D eigenvalue weighted by Gasteiger charge is -2.11. The van der Waals surface area contributed by atoms with Crippen LogP contribution in [0.2, 0.25) is 5.02 Å². The van der Waals surface area contributed by atoms with Crippen molar-refractivity contribution in [2.75, 3.05) is 5.32 Å². The van der Waals surface area contributed by atoms with E-state index >= 15 is 0 Å². The topological polar surface area (TPSA) is 56.1 Å². The Hall–Kier alpha value is -3.64. The van der Waals surface area contributed by atoms with E-state index < -0.39 is 0 Å². The summed E-state index contributed by atoms with van der Waals surface area (Å²) in [6, 6.07) is 19.3. The summed E-state index contributed by atoms with van der Waals surface area (Å²) in [5.74, 6) is 0.0708. The minimum Gasteiger partial charge on any atom is -0.487 e. The molecule has 0 atom stereocenters. The van der Waals surface area contributed by atoms with Crippen molar-refractivity contribution < 1.29 is 13.9 Å². The number of carbonyl (C=O) groups excluding carboxylic acids is 1. The van der Waals surface area contributed by atoms with Crippen molar-refractivity contribution in [2.24, 2.45) is 0 Å². The molecule has 7 heteroatoms.